The van der Waals surface area contributed by atoms with Crippen LogP contribution in [0.25, 0.3) is 10.9 Å². The molecule has 3 aliphatic rings. The number of nitriles is 1. The molecule has 3 fully saturated rings. The quantitative estimate of drug-likeness (QED) is 0.562. The number of nitrogens with one attached hydrogen (secondary N) is 3. The van der Waals surface area contributed by atoms with Gasteiger partial charge in [0.05, 0.1) is 13.2 Å². The van der Waals surface area contributed by atoms with Crippen LogP contribution >= 0.6 is 0 Å². The van der Waals surface area contributed by atoms with Crippen LogP contribution in [-0.2, 0) is 9.59 Å². The lowest BCUT2D eigenvalue weighted by Gasteiger charge is -2.28. The molecular formula is C25H27F2N5O4. The van der Waals surface area contributed by atoms with Crippen LogP contribution in [0.5, 0.6) is 5.75 Å². The normalized spacial score (nSPS) is 27.4. The summed E-state index contributed by atoms with van der Waals surface area (Å²) in [5.74, 6) is -5.29. The molecule has 1 aromatic carbocycles. The third-order valence-corrected chi connectivity index (χ3v) is 7.63. The smallest absolute Gasteiger partial charge is 0.271 e. The van der Waals surface area contributed by atoms with Gasteiger partial charge in [0.15, 0.2) is 0 Å². The third-order valence-electron chi connectivity index (χ3n) is 7.63. The van der Waals surface area contributed by atoms with Gasteiger partial charge in [-0.25, -0.2) is 8.78 Å². The van der Waals surface area contributed by atoms with E-state index in [1.807, 2.05) is 6.07 Å². The van der Waals surface area contributed by atoms with Crippen LogP contribution in [0, 0.1) is 29.1 Å². The second-order valence-electron chi connectivity index (χ2n) is 9.90. The Balaban J connectivity index is 1.40. The highest BCUT2D eigenvalue weighted by Gasteiger charge is 2.58. The number of alkyl halides is 2. The molecule has 2 aliphatic heterocycles. The van der Waals surface area contributed by atoms with Crippen molar-refractivity contribution in [3.8, 4) is 11.8 Å². The van der Waals surface area contributed by atoms with Gasteiger partial charge in [0.1, 0.15) is 23.5 Å². The lowest BCUT2D eigenvalue weighted by atomic mass is 9.92. The molecule has 0 bridgehead atoms. The molecule has 0 spiro atoms. The Kier molecular flexibility index (Phi) is 6.06. The molecule has 1 aromatic heterocycles. The lowest BCUT2D eigenvalue weighted by Crippen LogP contribution is -2.51. The lowest BCUT2D eigenvalue weighted by molar-refractivity contribution is -0.127. The Hall–Kier alpha value is -3.68. The summed E-state index contributed by atoms with van der Waals surface area (Å²) in [7, 11) is 1.52. The summed E-state index contributed by atoms with van der Waals surface area (Å²) in [4.78, 5) is 43.3. The molecule has 0 radical (unpaired) electrons. The molecule has 3 heterocycles. The summed E-state index contributed by atoms with van der Waals surface area (Å²) in [6, 6.07) is 6.84. The summed E-state index contributed by atoms with van der Waals surface area (Å²) in [5.41, 5.74) is 0.891. The number of aromatic nitrogens is 1. The zero-order valence-electron chi connectivity index (χ0n) is 19.7. The monoisotopic (exact) mass is 499 g/mol. The summed E-state index contributed by atoms with van der Waals surface area (Å²) in [5, 5.41) is 15.6. The van der Waals surface area contributed by atoms with E-state index in [9.17, 15) is 28.4 Å². The summed E-state index contributed by atoms with van der Waals surface area (Å²) in [6.45, 7) is 0.528. The molecule has 5 atom stereocenters. The number of hydrogen-bond donors (Lipinski definition) is 3. The number of carbonyl (C=O) groups is 3. The van der Waals surface area contributed by atoms with Crippen molar-refractivity contribution < 1.29 is 27.9 Å². The van der Waals surface area contributed by atoms with Gasteiger partial charge >= 0.3 is 0 Å². The van der Waals surface area contributed by atoms with Crippen molar-refractivity contribution >= 4 is 28.6 Å². The van der Waals surface area contributed by atoms with Crippen molar-refractivity contribution in [3.63, 3.8) is 0 Å². The minimum Gasteiger partial charge on any atom is -0.496 e. The standard InChI is InChI=1S/C25H27F2N5O4/c1-36-20-4-2-3-18-16(20)8-19(31-18)24(35)32-12-14-9-25(26,27)10-17(14)21(32)23(34)30-15(11-28)7-13-5-6-29-22(13)33/h2-4,8,13-15,17,21,31H,5-7,9-10,12H2,1H3,(H,29,33)(H,30,34)/t13-,14+,15-,17+,21-/m0/s1. The van der Waals surface area contributed by atoms with Crippen LogP contribution in [0.3, 0.4) is 0 Å². The number of nitrogens with zero attached hydrogens (tertiary/aromatic N) is 2. The van der Waals surface area contributed by atoms with Crippen molar-refractivity contribution in [1.29, 1.82) is 5.26 Å². The van der Waals surface area contributed by atoms with E-state index in [4.69, 9.17) is 4.74 Å². The van der Waals surface area contributed by atoms with Gasteiger partial charge < -0.3 is 25.3 Å². The number of fused-ring (bicyclic) bond motifs is 2. The molecule has 36 heavy (non-hydrogen) atoms. The van der Waals surface area contributed by atoms with Gasteiger partial charge in [0, 0.05) is 42.8 Å². The number of rotatable bonds is 6. The maximum atomic E-state index is 14.3. The number of ether oxygens (including phenoxy) is 1. The Labute approximate surface area is 206 Å². The van der Waals surface area contributed by atoms with Crippen LogP contribution in [0.4, 0.5) is 8.78 Å². The van der Waals surface area contributed by atoms with E-state index in [0.29, 0.717) is 29.6 Å². The molecule has 1 saturated carbocycles. The molecular weight excluding hydrogens is 472 g/mol. The van der Waals surface area contributed by atoms with Crippen LogP contribution in [-0.4, -0.2) is 65.8 Å². The Morgan fingerprint density at radius 1 is 1.36 bits per heavy atom. The van der Waals surface area contributed by atoms with Crippen molar-refractivity contribution in [2.75, 3.05) is 20.2 Å². The molecule has 3 amide bonds. The SMILES string of the molecule is COc1cccc2[nH]c(C(=O)N3C[C@H]4CC(F)(F)C[C@H]4[C@H]3C(=O)N[C@H](C#N)C[C@@H]3CCNC3=O)cc12. The highest BCUT2D eigenvalue weighted by molar-refractivity contribution is 6.02. The molecule has 2 saturated heterocycles. The summed E-state index contributed by atoms with van der Waals surface area (Å²) in [6.07, 6.45) is -0.208. The predicted octanol–water partition coefficient (Wildman–Crippen LogP) is 2.20. The first-order chi connectivity index (χ1) is 17.2. The van der Waals surface area contributed by atoms with Crippen LogP contribution in [0.2, 0.25) is 0 Å². The van der Waals surface area contributed by atoms with E-state index >= 15 is 0 Å². The minimum atomic E-state index is -2.91. The largest absolute Gasteiger partial charge is 0.496 e. The highest BCUT2D eigenvalue weighted by atomic mass is 19.3. The fourth-order valence-electron chi connectivity index (χ4n) is 5.97. The second kappa shape index (κ2) is 9.08. The van der Waals surface area contributed by atoms with E-state index in [2.05, 4.69) is 15.6 Å². The van der Waals surface area contributed by atoms with Gasteiger partial charge in [0.2, 0.25) is 17.7 Å². The number of benzene rings is 1. The van der Waals surface area contributed by atoms with Gasteiger partial charge in [-0.15, -0.1) is 0 Å². The number of likely N-dealkylation sites (tertiary alicyclic amines) is 1. The van der Waals surface area contributed by atoms with E-state index in [1.165, 1.54) is 12.0 Å². The molecule has 11 heteroatoms. The Bertz CT molecular complexity index is 1250. The minimum absolute atomic E-state index is 0.0198. The fourth-order valence-corrected chi connectivity index (χ4v) is 5.97. The number of H-pyrrole nitrogens is 1. The van der Waals surface area contributed by atoms with Gasteiger partial charge in [0.25, 0.3) is 5.91 Å². The second-order valence-corrected chi connectivity index (χ2v) is 9.90. The molecule has 5 rings (SSSR count). The van der Waals surface area contributed by atoms with Crippen LogP contribution < -0.4 is 15.4 Å². The van der Waals surface area contributed by atoms with Gasteiger partial charge in [-0.05, 0) is 42.9 Å². The highest BCUT2D eigenvalue weighted by Crippen LogP contribution is 2.50. The number of carbonyl (C=O) groups excluding carboxylic acids is 3. The molecule has 1 aliphatic carbocycles. The van der Waals surface area contributed by atoms with E-state index in [1.54, 1.807) is 24.3 Å². The maximum Gasteiger partial charge on any atom is 0.271 e. The molecule has 0 unspecified atom stereocenters. The van der Waals surface area contributed by atoms with Crippen molar-refractivity contribution in [3.05, 3.63) is 30.0 Å². The average molecular weight is 500 g/mol. The average Bonchev–Trinajstić information content (AvgIpc) is 3.59. The van der Waals surface area contributed by atoms with E-state index in [0.717, 1.165) is 0 Å². The zero-order valence-corrected chi connectivity index (χ0v) is 19.7. The zero-order chi connectivity index (χ0) is 25.6. The Morgan fingerprint density at radius 2 is 2.17 bits per heavy atom. The first-order valence-corrected chi connectivity index (χ1v) is 12.0. The van der Waals surface area contributed by atoms with Gasteiger partial charge in [-0.2, -0.15) is 5.26 Å². The van der Waals surface area contributed by atoms with Crippen LogP contribution in [0.15, 0.2) is 24.3 Å². The van der Waals surface area contributed by atoms with Crippen molar-refractivity contribution in [1.82, 2.24) is 20.5 Å². The molecule has 9 nitrogen and oxygen atoms in total. The van der Waals surface area contributed by atoms with Gasteiger partial charge in [-0.1, -0.05) is 6.07 Å². The number of aromatic amines is 1. The fraction of sp³-hybridized carbons (Fsp3) is 0.520. The van der Waals surface area contributed by atoms with Gasteiger partial charge in [-0.3, -0.25) is 14.4 Å². The predicted molar refractivity (Wildman–Crippen MR) is 124 cm³/mol. The Morgan fingerprint density at radius 3 is 2.86 bits per heavy atom. The maximum absolute atomic E-state index is 14.3. The molecule has 3 N–H and O–H groups in total. The molecule has 2 aromatic rings. The topological polar surface area (TPSA) is 127 Å². The summed E-state index contributed by atoms with van der Waals surface area (Å²) >= 11 is 0. The van der Waals surface area contributed by atoms with E-state index < -0.39 is 60.4 Å². The number of amides is 3. The number of hydrogen-bond acceptors (Lipinski definition) is 5. The number of methoxy groups -OCH3 is 1. The first kappa shape index (κ1) is 24.0. The van der Waals surface area contributed by atoms with Crippen LogP contribution in [0.1, 0.15) is 36.2 Å². The van der Waals surface area contributed by atoms with E-state index in [-0.39, 0.29) is 24.6 Å². The molecule has 190 valence electrons. The number of halogens is 2. The third kappa shape index (κ3) is 4.25. The first-order valence-electron chi connectivity index (χ1n) is 12.0. The van der Waals surface area contributed by atoms with Crippen molar-refractivity contribution in [2.24, 2.45) is 17.8 Å². The van der Waals surface area contributed by atoms with Crippen molar-refractivity contribution in [2.45, 2.75) is 43.7 Å². The summed E-state index contributed by atoms with van der Waals surface area (Å²) < 4.78 is 33.9.